The highest BCUT2D eigenvalue weighted by Gasteiger charge is 2.30. The number of hydrogen-bond acceptors (Lipinski definition) is 3. The van der Waals surface area contributed by atoms with Gasteiger partial charge in [-0.2, -0.15) is 0 Å². The van der Waals surface area contributed by atoms with Crippen molar-refractivity contribution in [1.82, 2.24) is 5.32 Å². The molecule has 2 N–H and O–H groups in total. The van der Waals surface area contributed by atoms with Gasteiger partial charge in [0.2, 0.25) is 0 Å². The largest absolute Gasteiger partial charge is 0.383 e. The van der Waals surface area contributed by atoms with Gasteiger partial charge in [-0.05, 0) is 25.5 Å². The van der Waals surface area contributed by atoms with E-state index < -0.39 is 6.10 Å². The average molecular weight is 155 g/mol. The Labute approximate surface area is 66.1 Å². The van der Waals surface area contributed by atoms with Crippen molar-refractivity contribution in [3.8, 4) is 0 Å². The molecule has 0 aliphatic carbocycles. The van der Waals surface area contributed by atoms with Crippen molar-refractivity contribution in [2.75, 3.05) is 6.54 Å². The van der Waals surface area contributed by atoms with Crippen molar-refractivity contribution >= 4 is 5.78 Å². The van der Waals surface area contributed by atoms with Gasteiger partial charge in [0, 0.05) is 6.04 Å². The van der Waals surface area contributed by atoms with Crippen molar-refractivity contribution in [3.05, 3.63) is 12.2 Å². The van der Waals surface area contributed by atoms with Crippen LogP contribution in [-0.4, -0.2) is 29.6 Å². The maximum absolute atomic E-state index is 11.1. The van der Waals surface area contributed by atoms with Gasteiger partial charge >= 0.3 is 0 Å². The van der Waals surface area contributed by atoms with Gasteiger partial charge in [-0.25, -0.2) is 0 Å². The Morgan fingerprint density at radius 1 is 1.82 bits per heavy atom. The Hall–Kier alpha value is -0.670. The van der Waals surface area contributed by atoms with E-state index in [1.54, 1.807) is 6.92 Å². The minimum atomic E-state index is -0.888. The van der Waals surface area contributed by atoms with E-state index in [0.717, 1.165) is 13.0 Å². The normalized spacial score (nSPS) is 25.5. The zero-order valence-corrected chi connectivity index (χ0v) is 6.63. The quantitative estimate of drug-likeness (QED) is 0.557. The summed E-state index contributed by atoms with van der Waals surface area (Å²) in [5, 5.41) is 12.3. The van der Waals surface area contributed by atoms with Gasteiger partial charge in [-0.3, -0.25) is 4.79 Å². The molecule has 0 radical (unpaired) electrons. The van der Waals surface area contributed by atoms with Crippen LogP contribution in [-0.2, 0) is 4.79 Å². The predicted molar refractivity (Wildman–Crippen MR) is 42.2 cm³/mol. The van der Waals surface area contributed by atoms with E-state index >= 15 is 0 Å². The Morgan fingerprint density at radius 2 is 2.36 bits per heavy atom. The third-order valence-electron chi connectivity index (χ3n) is 1.93. The second-order valence-corrected chi connectivity index (χ2v) is 2.94. The number of carbonyl (C=O) groups excluding carboxylic acids is 1. The molecule has 2 unspecified atom stereocenters. The second kappa shape index (κ2) is 3.15. The SMILES string of the molecule is C=C(C)C(=O)C(O)C1CCN1. The molecule has 0 aromatic heterocycles. The number of rotatable bonds is 3. The molecule has 1 aliphatic heterocycles. The summed E-state index contributed by atoms with van der Waals surface area (Å²) in [5.41, 5.74) is 0.422. The number of carbonyl (C=O) groups is 1. The fourth-order valence-corrected chi connectivity index (χ4v) is 1.02. The van der Waals surface area contributed by atoms with Crippen LogP contribution in [0.15, 0.2) is 12.2 Å². The number of aliphatic hydroxyl groups excluding tert-OH is 1. The summed E-state index contributed by atoms with van der Waals surface area (Å²) in [7, 11) is 0. The van der Waals surface area contributed by atoms with E-state index in [9.17, 15) is 9.90 Å². The zero-order valence-electron chi connectivity index (χ0n) is 6.63. The first-order valence-corrected chi connectivity index (χ1v) is 3.74. The summed E-state index contributed by atoms with van der Waals surface area (Å²) in [4.78, 5) is 11.1. The van der Waals surface area contributed by atoms with Crippen molar-refractivity contribution in [1.29, 1.82) is 0 Å². The van der Waals surface area contributed by atoms with Gasteiger partial charge in [0.15, 0.2) is 5.78 Å². The molecule has 0 saturated carbocycles. The van der Waals surface area contributed by atoms with Crippen LogP contribution < -0.4 is 5.32 Å². The summed E-state index contributed by atoms with van der Waals surface area (Å²) in [6, 6.07) is -0.0424. The van der Waals surface area contributed by atoms with Crippen LogP contribution in [0, 0.1) is 0 Å². The molecule has 1 saturated heterocycles. The van der Waals surface area contributed by atoms with Crippen LogP contribution in [0.2, 0.25) is 0 Å². The molecule has 0 aromatic rings. The summed E-state index contributed by atoms with van der Waals surface area (Å²) >= 11 is 0. The lowest BCUT2D eigenvalue weighted by atomic mass is 9.95. The van der Waals surface area contributed by atoms with Gasteiger partial charge in [0.05, 0.1) is 0 Å². The van der Waals surface area contributed by atoms with E-state index in [-0.39, 0.29) is 11.8 Å². The maximum atomic E-state index is 11.1. The molecule has 3 nitrogen and oxygen atoms in total. The van der Waals surface area contributed by atoms with Gasteiger partial charge in [0.25, 0.3) is 0 Å². The van der Waals surface area contributed by atoms with Crippen LogP contribution in [0.3, 0.4) is 0 Å². The van der Waals surface area contributed by atoms with Crippen molar-refractivity contribution in [2.45, 2.75) is 25.5 Å². The highest BCUT2D eigenvalue weighted by molar-refractivity contribution is 5.98. The van der Waals surface area contributed by atoms with Gasteiger partial charge in [0.1, 0.15) is 6.10 Å². The number of Topliss-reactive ketones (excluding diaryl/α,β-unsaturated/α-hetero) is 1. The van der Waals surface area contributed by atoms with Crippen molar-refractivity contribution in [3.63, 3.8) is 0 Å². The van der Waals surface area contributed by atoms with E-state index in [2.05, 4.69) is 11.9 Å². The summed E-state index contributed by atoms with van der Waals surface area (Å²) < 4.78 is 0. The number of ketones is 1. The zero-order chi connectivity index (χ0) is 8.43. The molecule has 1 fully saturated rings. The summed E-state index contributed by atoms with van der Waals surface area (Å²) in [6.45, 7) is 5.99. The van der Waals surface area contributed by atoms with Crippen molar-refractivity contribution < 1.29 is 9.90 Å². The molecule has 0 aromatic carbocycles. The van der Waals surface area contributed by atoms with E-state index in [0.29, 0.717) is 5.57 Å². The molecular formula is C8H13NO2. The molecule has 11 heavy (non-hydrogen) atoms. The molecular weight excluding hydrogens is 142 g/mol. The molecule has 0 spiro atoms. The summed E-state index contributed by atoms with van der Waals surface area (Å²) in [6.07, 6.45) is -0.0125. The molecule has 1 heterocycles. The lowest BCUT2D eigenvalue weighted by molar-refractivity contribution is -0.125. The Kier molecular flexibility index (Phi) is 2.42. The molecule has 2 atom stereocenters. The lowest BCUT2D eigenvalue weighted by Gasteiger charge is -2.31. The molecule has 1 rings (SSSR count). The lowest BCUT2D eigenvalue weighted by Crippen LogP contribution is -2.53. The first-order valence-electron chi connectivity index (χ1n) is 3.74. The number of hydrogen-bond donors (Lipinski definition) is 2. The first kappa shape index (κ1) is 8.43. The van der Waals surface area contributed by atoms with Crippen LogP contribution >= 0.6 is 0 Å². The molecule has 3 heteroatoms. The van der Waals surface area contributed by atoms with Crippen LogP contribution in [0.25, 0.3) is 0 Å². The maximum Gasteiger partial charge on any atom is 0.187 e. The van der Waals surface area contributed by atoms with E-state index in [1.807, 2.05) is 0 Å². The smallest absolute Gasteiger partial charge is 0.187 e. The number of nitrogens with one attached hydrogen (secondary N) is 1. The molecule has 62 valence electrons. The minimum Gasteiger partial charge on any atom is -0.383 e. The third-order valence-corrected chi connectivity index (χ3v) is 1.93. The topological polar surface area (TPSA) is 49.3 Å². The minimum absolute atomic E-state index is 0.0424. The van der Waals surface area contributed by atoms with Crippen LogP contribution in [0.4, 0.5) is 0 Å². The van der Waals surface area contributed by atoms with Crippen LogP contribution in [0.5, 0.6) is 0 Å². The van der Waals surface area contributed by atoms with Gasteiger partial charge < -0.3 is 10.4 Å². The monoisotopic (exact) mass is 155 g/mol. The molecule has 1 aliphatic rings. The molecule has 0 bridgehead atoms. The Bertz CT molecular complexity index is 185. The highest BCUT2D eigenvalue weighted by Crippen LogP contribution is 2.10. The highest BCUT2D eigenvalue weighted by atomic mass is 16.3. The van der Waals surface area contributed by atoms with Gasteiger partial charge in [-0.15, -0.1) is 0 Å². The first-order chi connectivity index (χ1) is 5.13. The predicted octanol–water partition coefficient (Wildman–Crippen LogP) is -0.146. The van der Waals surface area contributed by atoms with Crippen LogP contribution in [0.1, 0.15) is 13.3 Å². The standard InChI is InChI=1S/C8H13NO2/c1-5(2)7(10)8(11)6-3-4-9-6/h6,8-9,11H,1,3-4H2,2H3. The third kappa shape index (κ3) is 1.67. The Balaban J connectivity index is 2.45. The van der Waals surface area contributed by atoms with E-state index in [4.69, 9.17) is 0 Å². The van der Waals surface area contributed by atoms with Crippen molar-refractivity contribution in [2.24, 2.45) is 0 Å². The Morgan fingerprint density at radius 3 is 2.64 bits per heavy atom. The molecule has 0 amide bonds. The fourth-order valence-electron chi connectivity index (χ4n) is 1.02. The number of aliphatic hydroxyl groups is 1. The second-order valence-electron chi connectivity index (χ2n) is 2.94. The fraction of sp³-hybridized carbons (Fsp3) is 0.625. The van der Waals surface area contributed by atoms with Gasteiger partial charge in [-0.1, -0.05) is 6.58 Å². The summed E-state index contributed by atoms with van der Waals surface area (Å²) in [5.74, 6) is -0.248. The van der Waals surface area contributed by atoms with E-state index in [1.165, 1.54) is 0 Å². The average Bonchev–Trinajstić information content (AvgIpc) is 1.82.